The number of likely N-dealkylation sites (tertiary alicyclic amines) is 1. The number of piperidine rings is 1. The minimum Gasteiger partial charge on any atom is -0.356 e. The summed E-state index contributed by atoms with van der Waals surface area (Å²) in [4.78, 5) is 9.43. The van der Waals surface area contributed by atoms with Crippen LogP contribution < -0.4 is 4.90 Å². The lowest BCUT2D eigenvalue weighted by atomic mass is 10.0. The molecular formula is C14H22BrN3. The first-order chi connectivity index (χ1) is 8.61. The van der Waals surface area contributed by atoms with Gasteiger partial charge >= 0.3 is 0 Å². The number of hydrogen-bond acceptors (Lipinski definition) is 3. The highest BCUT2D eigenvalue weighted by molar-refractivity contribution is 9.10. The highest BCUT2D eigenvalue weighted by atomic mass is 79.9. The number of pyridine rings is 1. The third-order valence-electron chi connectivity index (χ3n) is 3.90. The van der Waals surface area contributed by atoms with Gasteiger partial charge in [0.25, 0.3) is 0 Å². The second-order valence-corrected chi connectivity index (χ2v) is 5.99. The topological polar surface area (TPSA) is 19.4 Å². The molecule has 0 saturated carbocycles. The lowest BCUT2D eigenvalue weighted by Gasteiger charge is -2.37. The number of aryl methyl sites for hydroxylation is 1. The number of anilines is 1. The summed E-state index contributed by atoms with van der Waals surface area (Å²) in [5.41, 5.74) is 1.24. The van der Waals surface area contributed by atoms with Gasteiger partial charge in [-0.2, -0.15) is 0 Å². The fourth-order valence-corrected chi connectivity index (χ4v) is 3.14. The molecule has 1 saturated heterocycles. The average molecular weight is 312 g/mol. The molecule has 4 heteroatoms. The van der Waals surface area contributed by atoms with Gasteiger partial charge in [-0.1, -0.05) is 6.92 Å². The SMILES string of the molecule is CCN1CCC(N(C)c2ncc(Br)cc2C)CC1. The highest BCUT2D eigenvalue weighted by Gasteiger charge is 2.23. The van der Waals surface area contributed by atoms with E-state index < -0.39 is 0 Å². The van der Waals surface area contributed by atoms with Crippen molar-refractivity contribution in [2.24, 2.45) is 0 Å². The molecule has 3 nitrogen and oxygen atoms in total. The van der Waals surface area contributed by atoms with Crippen LogP contribution in [0.1, 0.15) is 25.3 Å². The molecule has 0 spiro atoms. The zero-order chi connectivity index (χ0) is 13.1. The number of hydrogen-bond donors (Lipinski definition) is 0. The maximum Gasteiger partial charge on any atom is 0.131 e. The number of rotatable bonds is 3. The van der Waals surface area contributed by atoms with Crippen LogP contribution in [0.3, 0.4) is 0 Å². The second-order valence-electron chi connectivity index (χ2n) is 5.07. The third kappa shape index (κ3) is 3.04. The number of nitrogens with zero attached hydrogens (tertiary/aromatic N) is 3. The quantitative estimate of drug-likeness (QED) is 0.855. The summed E-state index contributed by atoms with van der Waals surface area (Å²) in [6, 6.07) is 2.76. The summed E-state index contributed by atoms with van der Waals surface area (Å²) < 4.78 is 1.05. The lowest BCUT2D eigenvalue weighted by molar-refractivity contribution is 0.220. The zero-order valence-corrected chi connectivity index (χ0v) is 13.1. The molecule has 1 aromatic rings. The Hall–Kier alpha value is -0.610. The molecule has 2 rings (SSSR count). The molecule has 0 unspecified atom stereocenters. The molecular weight excluding hydrogens is 290 g/mol. The van der Waals surface area contributed by atoms with Gasteiger partial charge in [-0.25, -0.2) is 4.98 Å². The molecule has 0 amide bonds. The number of aromatic nitrogens is 1. The van der Waals surface area contributed by atoms with Crippen LogP contribution in [0.5, 0.6) is 0 Å². The molecule has 2 heterocycles. The van der Waals surface area contributed by atoms with E-state index in [-0.39, 0.29) is 0 Å². The molecule has 0 radical (unpaired) electrons. The van der Waals surface area contributed by atoms with E-state index in [0.717, 1.165) is 10.3 Å². The van der Waals surface area contributed by atoms with Crippen molar-refractivity contribution in [3.8, 4) is 0 Å². The van der Waals surface area contributed by atoms with E-state index in [1.54, 1.807) is 0 Å². The minimum absolute atomic E-state index is 0.625. The molecule has 1 fully saturated rings. The van der Waals surface area contributed by atoms with Crippen LogP contribution in [-0.4, -0.2) is 42.6 Å². The van der Waals surface area contributed by atoms with Gasteiger partial charge in [-0.05, 0) is 53.9 Å². The Bertz CT molecular complexity index is 400. The Balaban J connectivity index is 2.05. The Morgan fingerprint density at radius 3 is 2.67 bits per heavy atom. The van der Waals surface area contributed by atoms with Gasteiger partial charge in [0, 0.05) is 36.8 Å². The first kappa shape index (κ1) is 13.8. The van der Waals surface area contributed by atoms with Crippen LogP contribution in [0, 0.1) is 6.92 Å². The second kappa shape index (κ2) is 6.02. The van der Waals surface area contributed by atoms with E-state index in [1.165, 1.54) is 38.0 Å². The van der Waals surface area contributed by atoms with Crippen molar-refractivity contribution in [1.82, 2.24) is 9.88 Å². The molecule has 18 heavy (non-hydrogen) atoms. The Labute approximate surface area is 118 Å². The van der Waals surface area contributed by atoms with Gasteiger partial charge in [0.05, 0.1) is 0 Å². The fraction of sp³-hybridized carbons (Fsp3) is 0.643. The van der Waals surface area contributed by atoms with Crippen molar-refractivity contribution in [2.45, 2.75) is 32.7 Å². The third-order valence-corrected chi connectivity index (χ3v) is 4.34. The molecule has 0 bridgehead atoms. The normalized spacial score (nSPS) is 18.0. The van der Waals surface area contributed by atoms with E-state index in [0.29, 0.717) is 6.04 Å². The van der Waals surface area contributed by atoms with Crippen LogP contribution in [0.2, 0.25) is 0 Å². The van der Waals surface area contributed by atoms with Gasteiger partial charge in [-0.3, -0.25) is 0 Å². The minimum atomic E-state index is 0.625. The molecule has 100 valence electrons. The van der Waals surface area contributed by atoms with Crippen molar-refractivity contribution in [3.05, 3.63) is 22.3 Å². The summed E-state index contributed by atoms with van der Waals surface area (Å²) in [7, 11) is 2.18. The van der Waals surface area contributed by atoms with Crippen LogP contribution >= 0.6 is 15.9 Å². The summed E-state index contributed by atoms with van der Waals surface area (Å²) in [5, 5.41) is 0. The van der Waals surface area contributed by atoms with Crippen molar-refractivity contribution < 1.29 is 0 Å². The maximum absolute atomic E-state index is 4.56. The summed E-state index contributed by atoms with van der Waals surface area (Å²) in [5.74, 6) is 1.12. The first-order valence-electron chi connectivity index (χ1n) is 6.69. The van der Waals surface area contributed by atoms with E-state index in [9.17, 15) is 0 Å². The standard InChI is InChI=1S/C14H22BrN3/c1-4-18-7-5-13(6-8-18)17(3)14-11(2)9-12(15)10-16-14/h9-10,13H,4-8H2,1-3H3. The molecule has 0 atom stereocenters. The average Bonchev–Trinajstić information content (AvgIpc) is 2.38. The predicted octanol–water partition coefficient (Wildman–Crippen LogP) is 3.07. The zero-order valence-electron chi connectivity index (χ0n) is 11.5. The highest BCUT2D eigenvalue weighted by Crippen LogP contribution is 2.25. The number of halogens is 1. The lowest BCUT2D eigenvalue weighted by Crippen LogP contribution is -2.43. The first-order valence-corrected chi connectivity index (χ1v) is 7.48. The van der Waals surface area contributed by atoms with Gasteiger partial charge in [0.2, 0.25) is 0 Å². The van der Waals surface area contributed by atoms with Crippen molar-refractivity contribution in [2.75, 3.05) is 31.6 Å². The van der Waals surface area contributed by atoms with E-state index >= 15 is 0 Å². The van der Waals surface area contributed by atoms with Gasteiger partial charge < -0.3 is 9.80 Å². The largest absolute Gasteiger partial charge is 0.356 e. The van der Waals surface area contributed by atoms with Gasteiger partial charge in [0.15, 0.2) is 0 Å². The van der Waals surface area contributed by atoms with Gasteiger partial charge in [-0.15, -0.1) is 0 Å². The summed E-state index contributed by atoms with van der Waals surface area (Å²) >= 11 is 3.47. The van der Waals surface area contributed by atoms with Crippen molar-refractivity contribution in [3.63, 3.8) is 0 Å². The van der Waals surface area contributed by atoms with E-state index in [1.807, 2.05) is 6.20 Å². The summed E-state index contributed by atoms with van der Waals surface area (Å²) in [6.07, 6.45) is 4.36. The van der Waals surface area contributed by atoms with Crippen LogP contribution in [0.15, 0.2) is 16.7 Å². The molecule has 0 aromatic carbocycles. The molecule has 1 aromatic heterocycles. The Kier molecular flexibility index (Phi) is 4.62. The van der Waals surface area contributed by atoms with Crippen LogP contribution in [0.4, 0.5) is 5.82 Å². The van der Waals surface area contributed by atoms with E-state index in [4.69, 9.17) is 0 Å². The van der Waals surface area contributed by atoms with Crippen LogP contribution in [-0.2, 0) is 0 Å². The Morgan fingerprint density at radius 2 is 2.11 bits per heavy atom. The van der Waals surface area contributed by atoms with E-state index in [2.05, 4.69) is 57.7 Å². The Morgan fingerprint density at radius 1 is 1.44 bits per heavy atom. The van der Waals surface area contributed by atoms with Crippen molar-refractivity contribution in [1.29, 1.82) is 0 Å². The molecule has 1 aliphatic heterocycles. The van der Waals surface area contributed by atoms with Crippen molar-refractivity contribution >= 4 is 21.7 Å². The van der Waals surface area contributed by atoms with Gasteiger partial charge in [0.1, 0.15) is 5.82 Å². The maximum atomic E-state index is 4.56. The molecule has 0 aliphatic carbocycles. The molecule has 0 N–H and O–H groups in total. The van der Waals surface area contributed by atoms with Crippen LogP contribution in [0.25, 0.3) is 0 Å². The summed E-state index contributed by atoms with van der Waals surface area (Å²) in [6.45, 7) is 7.96. The smallest absolute Gasteiger partial charge is 0.131 e. The molecule has 1 aliphatic rings. The fourth-order valence-electron chi connectivity index (χ4n) is 2.70. The predicted molar refractivity (Wildman–Crippen MR) is 80.2 cm³/mol. The monoisotopic (exact) mass is 311 g/mol.